The normalized spacial score (nSPS) is 11.7. The van der Waals surface area contributed by atoms with E-state index in [0.29, 0.717) is 12.5 Å². The van der Waals surface area contributed by atoms with Gasteiger partial charge in [0.15, 0.2) is 5.96 Å². The second kappa shape index (κ2) is 10.0. The Balaban J connectivity index is 0.00000338. The van der Waals surface area contributed by atoms with Crippen LogP contribution in [0.4, 0.5) is 13.2 Å². The standard InChI is InChI=1S/C17H20F3N3OS.HI/c1-11-4-7-14(25-11)10-23-16(21-2)22-9-12-5-6-13(24-3)8-15(12)17(18,19)20;/h4-8H,9-10H2,1-3H3,(H2,21,22,23);1H. The maximum atomic E-state index is 13.2. The smallest absolute Gasteiger partial charge is 0.416 e. The summed E-state index contributed by atoms with van der Waals surface area (Å²) in [5, 5.41) is 6.01. The van der Waals surface area contributed by atoms with E-state index in [1.54, 1.807) is 18.4 Å². The molecule has 0 saturated heterocycles. The van der Waals surface area contributed by atoms with Gasteiger partial charge in [0.05, 0.1) is 19.2 Å². The molecule has 0 aliphatic rings. The van der Waals surface area contributed by atoms with Crippen LogP contribution in [0.25, 0.3) is 0 Å². The second-order valence-electron chi connectivity index (χ2n) is 5.31. The number of methoxy groups -OCH3 is 1. The molecule has 144 valence electrons. The highest BCUT2D eigenvalue weighted by Gasteiger charge is 2.33. The van der Waals surface area contributed by atoms with Crippen LogP contribution in [0.2, 0.25) is 0 Å². The lowest BCUT2D eigenvalue weighted by atomic mass is 10.1. The van der Waals surface area contributed by atoms with Gasteiger partial charge >= 0.3 is 6.18 Å². The Hall–Kier alpha value is -1.49. The highest BCUT2D eigenvalue weighted by molar-refractivity contribution is 14.0. The summed E-state index contributed by atoms with van der Waals surface area (Å²) in [5.74, 6) is 0.613. The van der Waals surface area contributed by atoms with Crippen molar-refractivity contribution in [3.05, 3.63) is 51.2 Å². The zero-order chi connectivity index (χ0) is 18.4. The molecule has 1 aromatic carbocycles. The van der Waals surface area contributed by atoms with Crippen LogP contribution in [0, 0.1) is 6.92 Å². The van der Waals surface area contributed by atoms with Crippen LogP contribution < -0.4 is 15.4 Å². The van der Waals surface area contributed by atoms with Gasteiger partial charge in [-0.3, -0.25) is 4.99 Å². The number of nitrogens with zero attached hydrogens (tertiary/aromatic N) is 1. The predicted molar refractivity (Wildman–Crippen MR) is 110 cm³/mol. The summed E-state index contributed by atoms with van der Waals surface area (Å²) in [6.45, 7) is 2.58. The lowest BCUT2D eigenvalue weighted by Gasteiger charge is -2.16. The number of nitrogens with one attached hydrogen (secondary N) is 2. The molecule has 1 heterocycles. The van der Waals surface area contributed by atoms with Crippen molar-refractivity contribution in [2.75, 3.05) is 14.2 Å². The molecule has 2 rings (SSSR count). The molecule has 2 aromatic rings. The number of alkyl halides is 3. The van der Waals surface area contributed by atoms with Gasteiger partial charge in [-0.2, -0.15) is 13.2 Å². The van der Waals surface area contributed by atoms with Gasteiger partial charge in [0.1, 0.15) is 5.75 Å². The Labute approximate surface area is 171 Å². The number of ether oxygens (including phenoxy) is 1. The van der Waals surface area contributed by atoms with Gasteiger partial charge in [-0.1, -0.05) is 6.07 Å². The summed E-state index contributed by atoms with van der Waals surface area (Å²) in [5.41, 5.74) is -0.591. The van der Waals surface area contributed by atoms with Crippen molar-refractivity contribution >= 4 is 41.3 Å². The van der Waals surface area contributed by atoms with Gasteiger partial charge in [0.25, 0.3) is 0 Å². The molecule has 26 heavy (non-hydrogen) atoms. The molecular formula is C17H21F3IN3OS. The lowest BCUT2D eigenvalue weighted by Crippen LogP contribution is -2.36. The van der Waals surface area contributed by atoms with Gasteiger partial charge in [0, 0.05) is 23.3 Å². The fourth-order valence-corrected chi connectivity index (χ4v) is 3.08. The van der Waals surface area contributed by atoms with Crippen LogP contribution in [0.5, 0.6) is 5.75 Å². The SMILES string of the molecule is CN=C(NCc1ccc(C)s1)NCc1ccc(OC)cc1C(F)(F)F.I. The van der Waals surface area contributed by atoms with Crippen LogP contribution in [-0.4, -0.2) is 20.1 Å². The highest BCUT2D eigenvalue weighted by Crippen LogP contribution is 2.34. The zero-order valence-corrected chi connectivity index (χ0v) is 17.8. The molecular weight excluding hydrogens is 478 g/mol. The predicted octanol–water partition coefficient (Wildman–Crippen LogP) is 4.57. The van der Waals surface area contributed by atoms with Crippen LogP contribution >= 0.6 is 35.3 Å². The van der Waals surface area contributed by atoms with Gasteiger partial charge in [-0.05, 0) is 36.8 Å². The molecule has 1 aromatic heterocycles. The van der Waals surface area contributed by atoms with Crippen LogP contribution in [0.15, 0.2) is 35.3 Å². The number of rotatable bonds is 5. The first-order valence-corrected chi connectivity index (χ1v) is 8.39. The lowest BCUT2D eigenvalue weighted by molar-refractivity contribution is -0.138. The number of halogens is 4. The molecule has 0 aliphatic carbocycles. The molecule has 0 radical (unpaired) electrons. The van der Waals surface area contributed by atoms with E-state index in [2.05, 4.69) is 15.6 Å². The molecule has 0 spiro atoms. The van der Waals surface area contributed by atoms with E-state index in [9.17, 15) is 13.2 Å². The van der Waals surface area contributed by atoms with Crippen molar-refractivity contribution in [2.45, 2.75) is 26.2 Å². The molecule has 0 atom stereocenters. The largest absolute Gasteiger partial charge is 0.497 e. The third kappa shape index (κ3) is 6.35. The number of hydrogen-bond donors (Lipinski definition) is 2. The van der Waals surface area contributed by atoms with Gasteiger partial charge in [-0.25, -0.2) is 0 Å². The third-order valence-electron chi connectivity index (χ3n) is 3.52. The topological polar surface area (TPSA) is 45.7 Å². The molecule has 0 aliphatic heterocycles. The minimum Gasteiger partial charge on any atom is -0.497 e. The molecule has 0 fully saturated rings. The number of benzene rings is 1. The zero-order valence-electron chi connectivity index (χ0n) is 14.6. The van der Waals surface area contributed by atoms with Gasteiger partial charge in [0.2, 0.25) is 0 Å². The number of aryl methyl sites for hydroxylation is 1. The van der Waals surface area contributed by atoms with Crippen molar-refractivity contribution in [1.29, 1.82) is 0 Å². The van der Waals surface area contributed by atoms with Crippen LogP contribution in [-0.2, 0) is 19.3 Å². The van der Waals surface area contributed by atoms with E-state index in [1.807, 2.05) is 19.1 Å². The maximum Gasteiger partial charge on any atom is 0.416 e. The first-order valence-electron chi connectivity index (χ1n) is 7.57. The van der Waals surface area contributed by atoms with Gasteiger partial charge in [-0.15, -0.1) is 35.3 Å². The van der Waals surface area contributed by atoms with Crippen LogP contribution in [0.1, 0.15) is 20.9 Å². The Kier molecular flexibility index (Phi) is 8.68. The van der Waals surface area contributed by atoms with Crippen molar-refractivity contribution in [3.63, 3.8) is 0 Å². The average molecular weight is 499 g/mol. The minimum absolute atomic E-state index is 0. The molecule has 9 heteroatoms. The first-order chi connectivity index (χ1) is 11.8. The summed E-state index contributed by atoms with van der Waals surface area (Å²) in [6, 6.07) is 7.94. The van der Waals surface area contributed by atoms with Gasteiger partial charge < -0.3 is 15.4 Å². The molecule has 2 N–H and O–H groups in total. The fraction of sp³-hybridized carbons (Fsp3) is 0.353. The Morgan fingerprint density at radius 2 is 1.85 bits per heavy atom. The Bertz CT molecular complexity index is 747. The fourth-order valence-electron chi connectivity index (χ4n) is 2.25. The second-order valence-corrected chi connectivity index (χ2v) is 6.68. The summed E-state index contributed by atoms with van der Waals surface area (Å²) in [4.78, 5) is 6.37. The summed E-state index contributed by atoms with van der Waals surface area (Å²) in [7, 11) is 2.92. The summed E-state index contributed by atoms with van der Waals surface area (Å²) >= 11 is 1.66. The number of aliphatic imine (C=N–C) groups is 1. The number of guanidine groups is 1. The minimum atomic E-state index is -4.45. The molecule has 0 unspecified atom stereocenters. The molecule has 4 nitrogen and oxygen atoms in total. The van der Waals surface area contributed by atoms with Crippen molar-refractivity contribution in [2.24, 2.45) is 4.99 Å². The Morgan fingerprint density at radius 1 is 1.15 bits per heavy atom. The maximum absolute atomic E-state index is 13.2. The van der Waals surface area contributed by atoms with E-state index < -0.39 is 11.7 Å². The summed E-state index contributed by atoms with van der Waals surface area (Å²) < 4.78 is 44.5. The first kappa shape index (κ1) is 22.6. The van der Waals surface area contributed by atoms with E-state index in [4.69, 9.17) is 4.74 Å². The van der Waals surface area contributed by atoms with E-state index in [0.717, 1.165) is 10.9 Å². The summed E-state index contributed by atoms with van der Waals surface area (Å²) in [6.07, 6.45) is -4.45. The van der Waals surface area contributed by atoms with E-state index in [1.165, 1.54) is 24.1 Å². The number of hydrogen-bond acceptors (Lipinski definition) is 3. The quantitative estimate of drug-likeness (QED) is 0.360. The molecule has 0 amide bonds. The van der Waals surface area contributed by atoms with E-state index in [-0.39, 0.29) is 41.8 Å². The Morgan fingerprint density at radius 3 is 2.38 bits per heavy atom. The highest BCUT2D eigenvalue weighted by atomic mass is 127. The van der Waals surface area contributed by atoms with E-state index >= 15 is 0 Å². The van der Waals surface area contributed by atoms with Crippen molar-refractivity contribution in [3.8, 4) is 5.75 Å². The van der Waals surface area contributed by atoms with Crippen molar-refractivity contribution in [1.82, 2.24) is 10.6 Å². The number of thiophene rings is 1. The third-order valence-corrected chi connectivity index (χ3v) is 4.52. The molecule has 0 bridgehead atoms. The monoisotopic (exact) mass is 499 g/mol. The van der Waals surface area contributed by atoms with Crippen molar-refractivity contribution < 1.29 is 17.9 Å². The molecule has 0 saturated carbocycles. The van der Waals surface area contributed by atoms with Crippen LogP contribution in [0.3, 0.4) is 0 Å². The average Bonchev–Trinajstić information content (AvgIpc) is 2.99.